The highest BCUT2D eigenvalue weighted by molar-refractivity contribution is 14.1. The molecule has 2 aromatic carbocycles. The summed E-state index contributed by atoms with van der Waals surface area (Å²) in [7, 11) is 0. The number of hydrogen-bond donors (Lipinski definition) is 1. The lowest BCUT2D eigenvalue weighted by Crippen LogP contribution is -2.33. The molecule has 142 valence electrons. The molecule has 0 atom stereocenters. The number of piperidine rings is 1. The van der Waals surface area contributed by atoms with Gasteiger partial charge >= 0.3 is 0 Å². The van der Waals surface area contributed by atoms with Gasteiger partial charge in [-0.05, 0) is 116 Å². The van der Waals surface area contributed by atoms with Gasteiger partial charge in [-0.15, -0.1) is 0 Å². The van der Waals surface area contributed by atoms with E-state index in [0.29, 0.717) is 5.92 Å². The van der Waals surface area contributed by atoms with Crippen molar-refractivity contribution < 1.29 is 0 Å². The molecule has 2 heterocycles. The van der Waals surface area contributed by atoms with Crippen molar-refractivity contribution in [1.29, 1.82) is 0 Å². The van der Waals surface area contributed by atoms with E-state index in [4.69, 9.17) is 11.6 Å². The fraction of sp³-hybridized carbons (Fsp3) is 0.391. The third kappa shape index (κ3) is 4.69. The van der Waals surface area contributed by atoms with Crippen molar-refractivity contribution in [3.8, 4) is 0 Å². The number of halogens is 2. The van der Waals surface area contributed by atoms with Gasteiger partial charge in [-0.25, -0.2) is 0 Å². The highest BCUT2D eigenvalue weighted by Gasteiger charge is 2.22. The fourth-order valence-corrected chi connectivity index (χ4v) is 4.99. The summed E-state index contributed by atoms with van der Waals surface area (Å²) >= 11 is 8.67. The number of unbranched alkanes of at least 4 members (excludes halogenated alkanes) is 1. The fourth-order valence-electron chi connectivity index (χ4n) is 4.27. The lowest BCUT2D eigenvalue weighted by atomic mass is 9.89. The zero-order valence-electron chi connectivity index (χ0n) is 15.6. The summed E-state index contributed by atoms with van der Waals surface area (Å²) < 4.78 is 1.32. The minimum Gasteiger partial charge on any atom is -0.361 e. The van der Waals surface area contributed by atoms with Crippen molar-refractivity contribution in [1.82, 2.24) is 9.88 Å². The molecule has 27 heavy (non-hydrogen) atoms. The number of fused-ring (bicyclic) bond motifs is 1. The quantitative estimate of drug-likeness (QED) is 0.302. The molecule has 4 rings (SSSR count). The van der Waals surface area contributed by atoms with Crippen LogP contribution in [0, 0.1) is 3.57 Å². The minimum absolute atomic E-state index is 0.691. The smallest absolute Gasteiger partial charge is 0.0457 e. The van der Waals surface area contributed by atoms with Gasteiger partial charge < -0.3 is 9.88 Å². The lowest BCUT2D eigenvalue weighted by molar-refractivity contribution is 0.209. The molecule has 4 heteroatoms. The second-order valence-electron chi connectivity index (χ2n) is 7.60. The highest BCUT2D eigenvalue weighted by Crippen LogP contribution is 2.33. The molecular weight excluding hydrogens is 467 g/mol. The number of rotatable bonds is 6. The summed E-state index contributed by atoms with van der Waals surface area (Å²) in [6.07, 6.45) is 8.33. The average molecular weight is 493 g/mol. The summed E-state index contributed by atoms with van der Waals surface area (Å²) in [6, 6.07) is 14.9. The summed E-state index contributed by atoms with van der Waals surface area (Å²) in [5.41, 5.74) is 4.07. The highest BCUT2D eigenvalue weighted by atomic mass is 127. The summed E-state index contributed by atoms with van der Waals surface area (Å²) in [6.45, 7) is 3.64. The van der Waals surface area contributed by atoms with E-state index in [2.05, 4.69) is 69.0 Å². The predicted molar refractivity (Wildman–Crippen MR) is 124 cm³/mol. The molecule has 0 radical (unpaired) electrons. The largest absolute Gasteiger partial charge is 0.361 e. The van der Waals surface area contributed by atoms with Crippen LogP contribution in [0.4, 0.5) is 0 Å². The molecule has 0 unspecified atom stereocenters. The zero-order valence-corrected chi connectivity index (χ0v) is 18.5. The summed E-state index contributed by atoms with van der Waals surface area (Å²) in [4.78, 5) is 6.10. The van der Waals surface area contributed by atoms with Crippen molar-refractivity contribution in [2.24, 2.45) is 0 Å². The topological polar surface area (TPSA) is 19.0 Å². The molecule has 0 bridgehead atoms. The van der Waals surface area contributed by atoms with Gasteiger partial charge in [-0.1, -0.05) is 29.8 Å². The predicted octanol–water partition coefficient (Wildman–Crippen LogP) is 6.63. The van der Waals surface area contributed by atoms with Crippen LogP contribution in [0.15, 0.2) is 48.7 Å². The Balaban J connectivity index is 1.25. The van der Waals surface area contributed by atoms with Crippen LogP contribution >= 0.6 is 34.2 Å². The van der Waals surface area contributed by atoms with Gasteiger partial charge in [0.05, 0.1) is 0 Å². The molecule has 1 fully saturated rings. The standard InChI is InChI=1S/C23H26ClIN2/c24-22-7-2-1-5-18(22)6-3-4-12-27-13-10-17(11-14-27)21-16-26-23-9-8-19(25)15-20(21)23/h1-2,5,7-9,15-17,26H,3-4,6,10-14H2. The van der Waals surface area contributed by atoms with Crippen molar-refractivity contribution >= 4 is 45.1 Å². The zero-order chi connectivity index (χ0) is 18.6. The monoisotopic (exact) mass is 492 g/mol. The van der Waals surface area contributed by atoms with Crippen molar-refractivity contribution in [2.45, 2.75) is 38.0 Å². The molecule has 1 N–H and O–H groups in total. The molecule has 0 saturated carbocycles. The van der Waals surface area contributed by atoms with E-state index in [1.165, 1.54) is 70.9 Å². The summed E-state index contributed by atoms with van der Waals surface area (Å²) in [5.74, 6) is 0.691. The molecule has 1 saturated heterocycles. The van der Waals surface area contributed by atoms with E-state index in [1.807, 2.05) is 12.1 Å². The maximum Gasteiger partial charge on any atom is 0.0457 e. The van der Waals surface area contributed by atoms with E-state index in [-0.39, 0.29) is 0 Å². The third-order valence-corrected chi connectivity index (χ3v) is 6.87. The van der Waals surface area contributed by atoms with E-state index in [9.17, 15) is 0 Å². The van der Waals surface area contributed by atoms with Gasteiger partial charge in [-0.3, -0.25) is 0 Å². The van der Waals surface area contributed by atoms with E-state index in [1.54, 1.807) is 0 Å². The second-order valence-corrected chi connectivity index (χ2v) is 9.25. The van der Waals surface area contributed by atoms with Crippen LogP contribution in [0.2, 0.25) is 5.02 Å². The first kappa shape index (κ1) is 19.3. The summed E-state index contributed by atoms with van der Waals surface area (Å²) in [5, 5.41) is 2.33. The number of nitrogens with zero attached hydrogens (tertiary/aromatic N) is 1. The Morgan fingerprint density at radius 2 is 1.89 bits per heavy atom. The van der Waals surface area contributed by atoms with Gasteiger partial charge in [0.1, 0.15) is 0 Å². The minimum atomic E-state index is 0.691. The van der Waals surface area contributed by atoms with Gasteiger partial charge in [0, 0.05) is 25.7 Å². The number of hydrogen-bond acceptors (Lipinski definition) is 1. The number of H-pyrrole nitrogens is 1. The molecule has 0 aliphatic carbocycles. The van der Waals surface area contributed by atoms with Crippen LogP contribution in [0.3, 0.4) is 0 Å². The van der Waals surface area contributed by atoms with Crippen molar-refractivity contribution in [3.63, 3.8) is 0 Å². The molecule has 3 aromatic rings. The van der Waals surface area contributed by atoms with E-state index < -0.39 is 0 Å². The van der Waals surface area contributed by atoms with Crippen LogP contribution < -0.4 is 0 Å². The number of aryl methyl sites for hydroxylation is 1. The van der Waals surface area contributed by atoms with Crippen LogP contribution in [-0.4, -0.2) is 29.5 Å². The normalized spacial score (nSPS) is 16.2. The Hall–Kier alpha value is -1.04. The number of aromatic nitrogens is 1. The molecular formula is C23H26ClIN2. The second kappa shape index (κ2) is 8.97. The number of nitrogens with one attached hydrogen (secondary N) is 1. The van der Waals surface area contributed by atoms with Crippen LogP contribution in [0.25, 0.3) is 10.9 Å². The van der Waals surface area contributed by atoms with Gasteiger partial charge in [-0.2, -0.15) is 0 Å². The molecule has 0 spiro atoms. The molecule has 2 nitrogen and oxygen atoms in total. The van der Waals surface area contributed by atoms with Crippen LogP contribution in [-0.2, 0) is 6.42 Å². The van der Waals surface area contributed by atoms with Crippen LogP contribution in [0.1, 0.15) is 42.7 Å². The molecule has 0 amide bonds. The Labute approximate surface area is 180 Å². The van der Waals surface area contributed by atoms with E-state index in [0.717, 1.165) is 11.4 Å². The number of benzene rings is 2. The molecule has 1 aliphatic rings. The third-order valence-electron chi connectivity index (χ3n) is 5.83. The van der Waals surface area contributed by atoms with Gasteiger partial charge in [0.25, 0.3) is 0 Å². The SMILES string of the molecule is Clc1ccccc1CCCCN1CCC(c2c[nH]c3ccc(I)cc23)CC1. The maximum atomic E-state index is 6.25. The van der Waals surface area contributed by atoms with Crippen molar-refractivity contribution in [3.05, 3.63) is 68.4 Å². The van der Waals surface area contributed by atoms with Crippen LogP contribution in [0.5, 0.6) is 0 Å². The molecule has 1 aliphatic heterocycles. The molecule has 1 aromatic heterocycles. The number of aromatic amines is 1. The lowest BCUT2D eigenvalue weighted by Gasteiger charge is -2.32. The number of likely N-dealkylation sites (tertiary alicyclic amines) is 1. The Kier molecular flexibility index (Phi) is 6.41. The Bertz CT molecular complexity index is 896. The first-order valence-electron chi connectivity index (χ1n) is 9.93. The van der Waals surface area contributed by atoms with E-state index >= 15 is 0 Å². The van der Waals surface area contributed by atoms with Crippen molar-refractivity contribution in [2.75, 3.05) is 19.6 Å². The van der Waals surface area contributed by atoms with Gasteiger partial charge in [0.15, 0.2) is 0 Å². The first-order valence-corrected chi connectivity index (χ1v) is 11.4. The Morgan fingerprint density at radius 1 is 1.07 bits per heavy atom. The maximum absolute atomic E-state index is 6.25. The van der Waals surface area contributed by atoms with Gasteiger partial charge in [0.2, 0.25) is 0 Å². The first-order chi connectivity index (χ1) is 13.2. The average Bonchev–Trinajstić information content (AvgIpc) is 3.10. The Morgan fingerprint density at radius 3 is 2.70 bits per heavy atom.